The maximum Gasteiger partial charge on any atom is 0.306 e. The first-order valence-corrected chi connectivity index (χ1v) is 11.8. The molecule has 0 amide bonds. The molecule has 0 radical (unpaired) electrons. The van der Waals surface area contributed by atoms with Crippen LogP contribution in [0.5, 0.6) is 0 Å². The van der Waals surface area contributed by atoms with Crippen molar-refractivity contribution in [3.8, 4) is 5.69 Å². The number of aliphatic carboxylic acids is 1. The first-order chi connectivity index (χ1) is 16.5. The highest BCUT2D eigenvalue weighted by molar-refractivity contribution is 6.00. The number of fused-ring (bicyclic) bond motifs is 2. The standard InChI is InChI=1S/C26H25F2N3O3/c27-18-3-5-19(6-4-18)31-20-12-17-13-29-30-24(17)23(28)22(20)21(15-1-2-16(11-15)26(32)33)25(31)14-7-9-34-10-8-14/h3-6,12-16H,1-2,7-11H2,(H,29,30)(H,32,33)/t15-,16-/m1/s1. The molecule has 1 saturated carbocycles. The number of carboxylic acids is 1. The zero-order valence-corrected chi connectivity index (χ0v) is 18.6. The molecule has 2 fully saturated rings. The molecule has 2 N–H and O–H groups in total. The van der Waals surface area contributed by atoms with Crippen molar-refractivity contribution in [2.75, 3.05) is 13.2 Å². The van der Waals surface area contributed by atoms with Gasteiger partial charge < -0.3 is 14.4 Å². The van der Waals surface area contributed by atoms with Crippen LogP contribution in [0.15, 0.2) is 36.5 Å². The Morgan fingerprint density at radius 3 is 2.56 bits per heavy atom. The van der Waals surface area contributed by atoms with Crippen molar-refractivity contribution in [2.45, 2.75) is 43.9 Å². The molecule has 6 nitrogen and oxygen atoms in total. The molecule has 8 heteroatoms. The van der Waals surface area contributed by atoms with Crippen molar-refractivity contribution >= 4 is 27.8 Å². The van der Waals surface area contributed by atoms with E-state index in [-0.39, 0.29) is 23.5 Å². The van der Waals surface area contributed by atoms with Crippen LogP contribution in [-0.2, 0) is 9.53 Å². The van der Waals surface area contributed by atoms with Crippen LogP contribution in [0.2, 0.25) is 0 Å². The molecule has 4 aromatic rings. The first-order valence-electron chi connectivity index (χ1n) is 11.8. The predicted octanol–water partition coefficient (Wildman–Crippen LogP) is 5.65. The number of nitrogens with one attached hydrogen (secondary N) is 1. The van der Waals surface area contributed by atoms with Gasteiger partial charge in [0, 0.05) is 41.3 Å². The number of ether oxygens (including phenoxy) is 1. The smallest absolute Gasteiger partial charge is 0.306 e. The molecule has 1 aliphatic carbocycles. The number of benzene rings is 2. The minimum atomic E-state index is -0.797. The summed E-state index contributed by atoms with van der Waals surface area (Å²) in [6, 6.07) is 8.19. The highest BCUT2D eigenvalue weighted by Crippen LogP contribution is 2.49. The van der Waals surface area contributed by atoms with Gasteiger partial charge in [-0.15, -0.1) is 0 Å². The normalized spacial score (nSPS) is 21.6. The lowest BCUT2D eigenvalue weighted by molar-refractivity contribution is -0.141. The lowest BCUT2D eigenvalue weighted by Crippen LogP contribution is -2.19. The monoisotopic (exact) mass is 465 g/mol. The number of nitrogens with zero attached hydrogens (tertiary/aromatic N) is 2. The van der Waals surface area contributed by atoms with E-state index < -0.39 is 11.9 Å². The Morgan fingerprint density at radius 2 is 1.85 bits per heavy atom. The summed E-state index contributed by atoms with van der Waals surface area (Å²) in [6.07, 6.45) is 4.93. The number of rotatable bonds is 4. The Morgan fingerprint density at radius 1 is 1.09 bits per heavy atom. The lowest BCUT2D eigenvalue weighted by atomic mass is 9.86. The number of aromatic nitrogens is 3. The maximum atomic E-state index is 16.1. The van der Waals surface area contributed by atoms with Crippen molar-refractivity contribution < 1.29 is 23.4 Å². The molecule has 2 aromatic carbocycles. The molecule has 0 bridgehead atoms. The molecule has 2 aromatic heterocycles. The number of aromatic amines is 1. The van der Waals surface area contributed by atoms with E-state index in [1.165, 1.54) is 12.1 Å². The summed E-state index contributed by atoms with van der Waals surface area (Å²) in [4.78, 5) is 11.7. The summed E-state index contributed by atoms with van der Waals surface area (Å²) in [7, 11) is 0. The third-order valence-electron chi connectivity index (χ3n) is 7.57. The van der Waals surface area contributed by atoms with E-state index in [9.17, 15) is 14.3 Å². The summed E-state index contributed by atoms with van der Waals surface area (Å²) < 4.78 is 37.6. The van der Waals surface area contributed by atoms with Gasteiger partial charge in [-0.2, -0.15) is 5.10 Å². The number of halogens is 2. The topological polar surface area (TPSA) is 80.1 Å². The Kier molecular flexibility index (Phi) is 5.13. The minimum absolute atomic E-state index is 0.0713. The third-order valence-corrected chi connectivity index (χ3v) is 7.57. The van der Waals surface area contributed by atoms with Crippen LogP contribution in [0.3, 0.4) is 0 Å². The largest absolute Gasteiger partial charge is 0.481 e. The molecule has 34 heavy (non-hydrogen) atoms. The van der Waals surface area contributed by atoms with Crippen LogP contribution in [0.4, 0.5) is 8.78 Å². The Balaban J connectivity index is 1.69. The molecular weight excluding hydrogens is 440 g/mol. The van der Waals surface area contributed by atoms with Gasteiger partial charge in [0.05, 0.1) is 17.6 Å². The SMILES string of the molecule is O=C(O)[C@@H]1CC[C@@H](c2c(C3CCOCC3)n(-c3ccc(F)cc3)c3cc4cn[nH]c4c(F)c23)C1. The van der Waals surface area contributed by atoms with E-state index in [2.05, 4.69) is 14.8 Å². The van der Waals surface area contributed by atoms with Crippen LogP contribution in [0.25, 0.3) is 27.5 Å². The summed E-state index contributed by atoms with van der Waals surface area (Å²) in [5, 5.41) is 17.6. The predicted molar refractivity (Wildman–Crippen MR) is 123 cm³/mol. The Labute approximate surface area is 194 Å². The zero-order chi connectivity index (χ0) is 23.4. The summed E-state index contributed by atoms with van der Waals surface area (Å²) >= 11 is 0. The average molecular weight is 466 g/mol. The molecule has 1 saturated heterocycles. The third kappa shape index (κ3) is 3.31. The Bertz CT molecular complexity index is 1390. The van der Waals surface area contributed by atoms with Gasteiger partial charge in [0.2, 0.25) is 0 Å². The number of carboxylic acid groups (broad SMARTS) is 1. The first kappa shape index (κ1) is 21.3. The van der Waals surface area contributed by atoms with Gasteiger partial charge in [0.15, 0.2) is 5.82 Å². The van der Waals surface area contributed by atoms with Crippen LogP contribution < -0.4 is 0 Å². The van der Waals surface area contributed by atoms with Crippen molar-refractivity contribution in [1.29, 1.82) is 0 Å². The van der Waals surface area contributed by atoms with Gasteiger partial charge >= 0.3 is 5.97 Å². The highest BCUT2D eigenvalue weighted by atomic mass is 19.1. The fourth-order valence-electron chi connectivity index (χ4n) is 5.97. The van der Waals surface area contributed by atoms with Gasteiger partial charge in [-0.3, -0.25) is 9.89 Å². The lowest BCUT2D eigenvalue weighted by Gasteiger charge is -2.27. The summed E-state index contributed by atoms with van der Waals surface area (Å²) in [5.41, 5.74) is 3.70. The van der Waals surface area contributed by atoms with Crippen molar-refractivity contribution in [2.24, 2.45) is 5.92 Å². The van der Waals surface area contributed by atoms with Crippen molar-refractivity contribution in [3.05, 3.63) is 59.4 Å². The second-order valence-electron chi connectivity index (χ2n) is 9.46. The zero-order valence-electron chi connectivity index (χ0n) is 18.6. The molecule has 176 valence electrons. The number of H-pyrrole nitrogens is 1. The van der Waals surface area contributed by atoms with Crippen LogP contribution in [-0.4, -0.2) is 39.1 Å². The van der Waals surface area contributed by atoms with E-state index in [4.69, 9.17) is 4.74 Å². The molecule has 0 spiro atoms. The van der Waals surface area contributed by atoms with E-state index >= 15 is 4.39 Å². The number of hydrogen-bond acceptors (Lipinski definition) is 3. The van der Waals surface area contributed by atoms with Gasteiger partial charge in [0.25, 0.3) is 0 Å². The van der Waals surface area contributed by atoms with Gasteiger partial charge in [-0.05, 0) is 73.9 Å². The van der Waals surface area contributed by atoms with Crippen LogP contribution >= 0.6 is 0 Å². The molecular formula is C26H25F2N3O3. The van der Waals surface area contributed by atoms with Gasteiger partial charge in [0.1, 0.15) is 11.3 Å². The number of carbonyl (C=O) groups is 1. The second kappa shape index (κ2) is 8.20. The second-order valence-corrected chi connectivity index (χ2v) is 9.46. The fourth-order valence-corrected chi connectivity index (χ4v) is 5.97. The summed E-state index contributed by atoms with van der Waals surface area (Å²) in [5.74, 6) is -1.88. The average Bonchev–Trinajstić information content (AvgIpc) is 3.58. The van der Waals surface area contributed by atoms with E-state index in [1.54, 1.807) is 18.3 Å². The van der Waals surface area contributed by atoms with Crippen molar-refractivity contribution in [1.82, 2.24) is 14.8 Å². The maximum absolute atomic E-state index is 16.1. The summed E-state index contributed by atoms with van der Waals surface area (Å²) in [6.45, 7) is 1.23. The molecule has 2 atom stereocenters. The van der Waals surface area contributed by atoms with Gasteiger partial charge in [-0.25, -0.2) is 8.78 Å². The quantitative estimate of drug-likeness (QED) is 0.408. The van der Waals surface area contributed by atoms with E-state index in [1.807, 2.05) is 6.07 Å². The fraction of sp³-hybridized carbons (Fsp3) is 0.385. The molecule has 6 rings (SSSR count). The minimum Gasteiger partial charge on any atom is -0.481 e. The Hall–Kier alpha value is -3.26. The number of hydrogen-bond donors (Lipinski definition) is 2. The van der Waals surface area contributed by atoms with E-state index in [0.717, 1.165) is 29.8 Å². The highest BCUT2D eigenvalue weighted by Gasteiger charge is 2.38. The van der Waals surface area contributed by atoms with Crippen LogP contribution in [0.1, 0.15) is 55.2 Å². The molecule has 2 aliphatic rings. The molecule has 1 aliphatic heterocycles. The molecule has 0 unspecified atom stereocenters. The van der Waals surface area contributed by atoms with E-state index in [0.29, 0.717) is 54.3 Å². The van der Waals surface area contributed by atoms with Crippen LogP contribution in [0, 0.1) is 17.6 Å². The van der Waals surface area contributed by atoms with Gasteiger partial charge in [-0.1, -0.05) is 0 Å². The van der Waals surface area contributed by atoms with Crippen molar-refractivity contribution in [3.63, 3.8) is 0 Å². The molecule has 3 heterocycles.